The molecule has 0 aliphatic carbocycles. The van der Waals surface area contributed by atoms with Crippen molar-refractivity contribution in [2.24, 2.45) is 0 Å². The van der Waals surface area contributed by atoms with E-state index in [1.807, 2.05) is 0 Å². The standard InChI is InChI=1S/C13H16N2O5/c1-8(16)14-11(7-12(17)18)13(19)15-9-3-5-10(20-2)6-4-9/h3-6,11H,7H2,1-2H3,(H,14,16)(H,15,19)(H,17,18)/t11-/m0/s1. The van der Waals surface area contributed by atoms with Gasteiger partial charge in [0.2, 0.25) is 11.8 Å². The van der Waals surface area contributed by atoms with Crippen LogP contribution >= 0.6 is 0 Å². The lowest BCUT2D eigenvalue weighted by atomic mass is 10.2. The van der Waals surface area contributed by atoms with Gasteiger partial charge in [0.25, 0.3) is 0 Å². The number of hydrogen-bond donors (Lipinski definition) is 3. The highest BCUT2D eigenvalue weighted by molar-refractivity contribution is 5.98. The van der Waals surface area contributed by atoms with Gasteiger partial charge in [-0.15, -0.1) is 0 Å². The highest BCUT2D eigenvalue weighted by Gasteiger charge is 2.22. The number of carbonyl (C=O) groups excluding carboxylic acids is 2. The van der Waals surface area contributed by atoms with Crippen LogP contribution in [0.2, 0.25) is 0 Å². The molecular weight excluding hydrogens is 264 g/mol. The maximum absolute atomic E-state index is 11.9. The number of rotatable bonds is 6. The fourth-order valence-electron chi connectivity index (χ4n) is 1.53. The van der Waals surface area contributed by atoms with Crippen molar-refractivity contribution < 1.29 is 24.2 Å². The second-order valence-electron chi connectivity index (χ2n) is 4.07. The first-order chi connectivity index (χ1) is 9.42. The van der Waals surface area contributed by atoms with Crippen molar-refractivity contribution in [2.45, 2.75) is 19.4 Å². The molecule has 0 unspecified atom stereocenters. The molecular formula is C13H16N2O5. The third-order valence-corrected chi connectivity index (χ3v) is 2.43. The van der Waals surface area contributed by atoms with Crippen LogP contribution in [0.3, 0.4) is 0 Å². The average molecular weight is 280 g/mol. The maximum atomic E-state index is 11.9. The first-order valence-corrected chi connectivity index (χ1v) is 5.86. The molecule has 0 fully saturated rings. The molecule has 7 heteroatoms. The topological polar surface area (TPSA) is 105 Å². The number of carboxylic acid groups (broad SMARTS) is 1. The Morgan fingerprint density at radius 3 is 2.30 bits per heavy atom. The third-order valence-electron chi connectivity index (χ3n) is 2.43. The minimum absolute atomic E-state index is 0.471. The van der Waals surface area contributed by atoms with Gasteiger partial charge in [0.15, 0.2) is 0 Å². The van der Waals surface area contributed by atoms with E-state index in [4.69, 9.17) is 9.84 Å². The summed E-state index contributed by atoms with van der Waals surface area (Å²) >= 11 is 0. The zero-order chi connectivity index (χ0) is 15.1. The molecule has 3 N–H and O–H groups in total. The van der Waals surface area contributed by atoms with Crippen molar-refractivity contribution in [1.82, 2.24) is 5.32 Å². The molecule has 7 nitrogen and oxygen atoms in total. The van der Waals surface area contributed by atoms with E-state index in [0.29, 0.717) is 11.4 Å². The van der Waals surface area contributed by atoms with Gasteiger partial charge in [0, 0.05) is 12.6 Å². The molecule has 1 atom stereocenters. The first-order valence-electron chi connectivity index (χ1n) is 5.86. The van der Waals surface area contributed by atoms with Gasteiger partial charge in [-0.05, 0) is 24.3 Å². The SMILES string of the molecule is COc1ccc(NC(=O)[C@H](CC(=O)O)NC(C)=O)cc1. The van der Waals surface area contributed by atoms with Crippen LogP contribution in [0.25, 0.3) is 0 Å². The lowest BCUT2D eigenvalue weighted by Crippen LogP contribution is -2.44. The number of carboxylic acids is 1. The number of ether oxygens (including phenoxy) is 1. The predicted molar refractivity (Wildman–Crippen MR) is 71.5 cm³/mol. The largest absolute Gasteiger partial charge is 0.497 e. The van der Waals surface area contributed by atoms with Gasteiger partial charge in [-0.1, -0.05) is 0 Å². The Bertz CT molecular complexity index is 482. The summed E-state index contributed by atoms with van der Waals surface area (Å²) in [6.45, 7) is 1.22. The number of benzene rings is 1. The Kier molecular flexibility index (Phi) is 5.52. The maximum Gasteiger partial charge on any atom is 0.305 e. The highest BCUT2D eigenvalue weighted by Crippen LogP contribution is 2.15. The van der Waals surface area contributed by atoms with Crippen LogP contribution < -0.4 is 15.4 Å². The zero-order valence-electron chi connectivity index (χ0n) is 11.2. The lowest BCUT2D eigenvalue weighted by Gasteiger charge is -2.15. The van der Waals surface area contributed by atoms with Crippen LogP contribution in [0.15, 0.2) is 24.3 Å². The molecule has 0 saturated carbocycles. The normalized spacial score (nSPS) is 11.3. The molecule has 2 amide bonds. The number of methoxy groups -OCH3 is 1. The van der Waals surface area contributed by atoms with Gasteiger partial charge in [0.05, 0.1) is 13.5 Å². The van der Waals surface area contributed by atoms with Gasteiger partial charge in [-0.2, -0.15) is 0 Å². The fourth-order valence-corrected chi connectivity index (χ4v) is 1.53. The second-order valence-corrected chi connectivity index (χ2v) is 4.07. The van der Waals surface area contributed by atoms with Crippen molar-refractivity contribution >= 4 is 23.5 Å². The van der Waals surface area contributed by atoms with Crippen molar-refractivity contribution in [2.75, 3.05) is 12.4 Å². The van der Waals surface area contributed by atoms with E-state index in [1.165, 1.54) is 14.0 Å². The Labute approximate surface area is 115 Å². The summed E-state index contributed by atoms with van der Waals surface area (Å²) in [7, 11) is 1.52. The molecule has 0 radical (unpaired) electrons. The van der Waals surface area contributed by atoms with Crippen molar-refractivity contribution in [3.8, 4) is 5.75 Å². The van der Waals surface area contributed by atoms with Crippen LogP contribution in [0.5, 0.6) is 5.75 Å². The lowest BCUT2D eigenvalue weighted by molar-refractivity contribution is -0.139. The van der Waals surface area contributed by atoms with Gasteiger partial charge >= 0.3 is 5.97 Å². The molecule has 0 bridgehead atoms. The summed E-state index contributed by atoms with van der Waals surface area (Å²) in [6, 6.07) is 5.41. The summed E-state index contributed by atoms with van der Waals surface area (Å²) < 4.78 is 4.98. The summed E-state index contributed by atoms with van der Waals surface area (Å²) in [5.41, 5.74) is 0.483. The zero-order valence-corrected chi connectivity index (χ0v) is 11.2. The summed E-state index contributed by atoms with van der Waals surface area (Å²) in [5.74, 6) is -1.60. The quantitative estimate of drug-likeness (QED) is 0.708. The van der Waals surface area contributed by atoms with E-state index in [2.05, 4.69) is 10.6 Å². The molecule has 1 rings (SSSR count). The van der Waals surface area contributed by atoms with E-state index in [9.17, 15) is 14.4 Å². The number of aliphatic carboxylic acids is 1. The fraction of sp³-hybridized carbons (Fsp3) is 0.308. The molecule has 0 aliphatic heterocycles. The van der Waals surface area contributed by atoms with Crippen LogP contribution in [0.1, 0.15) is 13.3 Å². The molecule has 108 valence electrons. The van der Waals surface area contributed by atoms with Gasteiger partial charge in [0.1, 0.15) is 11.8 Å². The minimum atomic E-state index is -1.17. The van der Waals surface area contributed by atoms with E-state index < -0.39 is 30.2 Å². The highest BCUT2D eigenvalue weighted by atomic mass is 16.5. The number of amides is 2. The molecule has 1 aromatic rings. The van der Waals surface area contributed by atoms with Crippen molar-refractivity contribution in [1.29, 1.82) is 0 Å². The van der Waals surface area contributed by atoms with E-state index >= 15 is 0 Å². The third kappa shape index (κ3) is 4.97. The van der Waals surface area contributed by atoms with Crippen molar-refractivity contribution in [3.63, 3.8) is 0 Å². The van der Waals surface area contributed by atoms with Gasteiger partial charge < -0.3 is 20.5 Å². The van der Waals surface area contributed by atoms with Crippen LogP contribution in [-0.4, -0.2) is 36.0 Å². The number of hydrogen-bond acceptors (Lipinski definition) is 4. The molecule has 1 aromatic carbocycles. The Morgan fingerprint density at radius 2 is 1.85 bits per heavy atom. The summed E-state index contributed by atoms with van der Waals surface area (Å²) in [6.07, 6.45) is -0.485. The first kappa shape index (κ1) is 15.5. The summed E-state index contributed by atoms with van der Waals surface area (Å²) in [4.78, 5) is 33.6. The molecule has 0 aromatic heterocycles. The molecule has 0 aliphatic rings. The number of nitrogens with one attached hydrogen (secondary N) is 2. The van der Waals surface area contributed by atoms with E-state index in [-0.39, 0.29) is 0 Å². The van der Waals surface area contributed by atoms with E-state index in [1.54, 1.807) is 24.3 Å². The Hall–Kier alpha value is -2.57. The average Bonchev–Trinajstić information content (AvgIpc) is 2.37. The summed E-state index contributed by atoms with van der Waals surface area (Å²) in [5, 5.41) is 13.6. The molecule has 0 saturated heterocycles. The Balaban J connectivity index is 2.73. The van der Waals surface area contributed by atoms with Crippen LogP contribution in [0, 0.1) is 0 Å². The predicted octanol–water partition coefficient (Wildman–Crippen LogP) is 0.613. The van der Waals surface area contributed by atoms with Crippen molar-refractivity contribution in [3.05, 3.63) is 24.3 Å². The van der Waals surface area contributed by atoms with Crippen LogP contribution in [-0.2, 0) is 14.4 Å². The smallest absolute Gasteiger partial charge is 0.305 e. The van der Waals surface area contributed by atoms with Gasteiger partial charge in [-0.3, -0.25) is 14.4 Å². The second kappa shape index (κ2) is 7.13. The Morgan fingerprint density at radius 1 is 1.25 bits per heavy atom. The minimum Gasteiger partial charge on any atom is -0.497 e. The van der Waals surface area contributed by atoms with Crippen LogP contribution in [0.4, 0.5) is 5.69 Å². The van der Waals surface area contributed by atoms with E-state index in [0.717, 1.165) is 0 Å². The monoisotopic (exact) mass is 280 g/mol. The molecule has 20 heavy (non-hydrogen) atoms. The number of anilines is 1. The number of carbonyl (C=O) groups is 3. The van der Waals surface area contributed by atoms with Gasteiger partial charge in [-0.25, -0.2) is 0 Å². The molecule has 0 spiro atoms. The molecule has 0 heterocycles.